The second kappa shape index (κ2) is 5.64. The maximum Gasteiger partial charge on any atom is 0.311 e. The van der Waals surface area contributed by atoms with Gasteiger partial charge in [0.1, 0.15) is 16.6 Å². The largest absolute Gasteiger partial charge is 0.481 e. The Bertz CT molecular complexity index is 490. The van der Waals surface area contributed by atoms with Crippen LogP contribution in [0.4, 0.5) is 0 Å². The van der Waals surface area contributed by atoms with Crippen LogP contribution in [0.3, 0.4) is 0 Å². The van der Waals surface area contributed by atoms with Crippen molar-refractivity contribution in [1.29, 1.82) is 0 Å². The maximum absolute atomic E-state index is 12.2. The lowest BCUT2D eigenvalue weighted by Gasteiger charge is -2.25. The highest BCUT2D eigenvalue weighted by atomic mass is 32.1. The van der Waals surface area contributed by atoms with Gasteiger partial charge in [0.2, 0.25) is 0 Å². The summed E-state index contributed by atoms with van der Waals surface area (Å²) in [6, 6.07) is -0.465. The number of nitrogens with zero attached hydrogens (tertiary/aromatic N) is 2. The number of carboxylic acid groups (broad SMARTS) is 1. The van der Waals surface area contributed by atoms with Gasteiger partial charge < -0.3 is 20.5 Å². The van der Waals surface area contributed by atoms with Crippen LogP contribution < -0.4 is 5.73 Å². The summed E-state index contributed by atoms with van der Waals surface area (Å²) in [5.41, 5.74) is 5.74. The predicted molar refractivity (Wildman–Crippen MR) is 67.8 cm³/mol. The number of aliphatic carboxylic acids is 1. The lowest BCUT2D eigenvalue weighted by atomic mass is 10.0. The monoisotopic (exact) mass is 285 g/mol. The summed E-state index contributed by atoms with van der Waals surface area (Å²) >= 11 is 1.31. The van der Waals surface area contributed by atoms with E-state index in [2.05, 4.69) is 4.98 Å². The third-order valence-electron chi connectivity index (χ3n) is 3.13. The van der Waals surface area contributed by atoms with Crippen molar-refractivity contribution >= 4 is 23.2 Å². The first-order valence-electron chi connectivity index (χ1n) is 5.76. The van der Waals surface area contributed by atoms with E-state index >= 15 is 0 Å². The van der Waals surface area contributed by atoms with E-state index in [0.717, 1.165) is 0 Å². The van der Waals surface area contributed by atoms with Gasteiger partial charge in [0.15, 0.2) is 0 Å². The highest BCUT2D eigenvalue weighted by Gasteiger charge is 2.39. The molecular formula is C11H15N3O4S. The zero-order valence-electron chi connectivity index (χ0n) is 10.4. The van der Waals surface area contributed by atoms with Gasteiger partial charge in [-0.1, -0.05) is 0 Å². The van der Waals surface area contributed by atoms with Crippen LogP contribution in [-0.2, 0) is 16.1 Å². The number of nitrogens with two attached hydrogens (primary N) is 1. The molecule has 1 aromatic heterocycles. The number of ether oxygens (including phenoxy) is 1. The standard InChI is InChI=1S/C11H15N3O4S/c1-14(8-4-18-3-6(8)11(16)17)10(15)7-5-19-9(2-12)13-7/h5-6,8H,2-4,12H2,1H3,(H,16,17). The number of likely N-dealkylation sites (N-methyl/N-ethyl adjacent to an activating group) is 1. The molecule has 8 heteroatoms. The molecule has 1 fully saturated rings. The van der Waals surface area contributed by atoms with Crippen LogP contribution in [0, 0.1) is 5.92 Å². The molecule has 1 aliphatic heterocycles. The number of hydrogen-bond donors (Lipinski definition) is 2. The number of aromatic nitrogens is 1. The van der Waals surface area contributed by atoms with Gasteiger partial charge in [-0.15, -0.1) is 11.3 Å². The van der Waals surface area contributed by atoms with Crippen LogP contribution in [0.5, 0.6) is 0 Å². The summed E-state index contributed by atoms with van der Waals surface area (Å²) in [6.07, 6.45) is 0. The molecule has 0 aromatic carbocycles. The molecule has 104 valence electrons. The molecule has 1 amide bonds. The molecule has 19 heavy (non-hydrogen) atoms. The van der Waals surface area contributed by atoms with Gasteiger partial charge >= 0.3 is 5.97 Å². The Balaban J connectivity index is 2.12. The third-order valence-corrected chi connectivity index (χ3v) is 4.00. The van der Waals surface area contributed by atoms with E-state index in [1.54, 1.807) is 12.4 Å². The van der Waals surface area contributed by atoms with Gasteiger partial charge in [-0.2, -0.15) is 0 Å². The lowest BCUT2D eigenvalue weighted by molar-refractivity contribution is -0.142. The van der Waals surface area contributed by atoms with E-state index in [0.29, 0.717) is 10.7 Å². The minimum Gasteiger partial charge on any atom is -0.481 e. The van der Waals surface area contributed by atoms with Crippen LogP contribution in [0.2, 0.25) is 0 Å². The third kappa shape index (κ3) is 2.75. The fraction of sp³-hybridized carbons (Fsp3) is 0.545. The number of thiazole rings is 1. The zero-order chi connectivity index (χ0) is 14.0. The molecule has 1 aromatic rings. The SMILES string of the molecule is CN(C(=O)c1csc(CN)n1)C1COCC1C(=O)O. The molecule has 1 saturated heterocycles. The molecular weight excluding hydrogens is 270 g/mol. The van der Waals surface area contributed by atoms with Crippen LogP contribution in [0.1, 0.15) is 15.5 Å². The van der Waals surface area contributed by atoms with Crippen molar-refractivity contribution in [1.82, 2.24) is 9.88 Å². The Morgan fingerprint density at radius 3 is 2.95 bits per heavy atom. The fourth-order valence-corrected chi connectivity index (χ4v) is 2.64. The second-order valence-electron chi connectivity index (χ2n) is 4.30. The van der Waals surface area contributed by atoms with Gasteiger partial charge in [-0.05, 0) is 0 Å². The lowest BCUT2D eigenvalue weighted by Crippen LogP contribution is -2.44. The highest BCUT2D eigenvalue weighted by molar-refractivity contribution is 7.09. The summed E-state index contributed by atoms with van der Waals surface area (Å²) in [5, 5.41) is 11.4. The van der Waals surface area contributed by atoms with Crippen molar-refractivity contribution in [2.24, 2.45) is 11.7 Å². The van der Waals surface area contributed by atoms with E-state index < -0.39 is 17.9 Å². The predicted octanol–water partition coefficient (Wildman–Crippen LogP) is -0.227. The Labute approximate surface area is 114 Å². The molecule has 0 saturated carbocycles. The average molecular weight is 285 g/mol. The summed E-state index contributed by atoms with van der Waals surface area (Å²) in [4.78, 5) is 28.8. The number of carbonyl (C=O) groups is 2. The molecule has 2 unspecified atom stereocenters. The number of rotatable bonds is 4. The minimum absolute atomic E-state index is 0.128. The zero-order valence-corrected chi connectivity index (χ0v) is 11.2. The number of amides is 1. The first-order valence-corrected chi connectivity index (χ1v) is 6.64. The quantitative estimate of drug-likeness (QED) is 0.792. The van der Waals surface area contributed by atoms with Gasteiger partial charge in [0.25, 0.3) is 5.91 Å². The molecule has 7 nitrogen and oxygen atoms in total. The molecule has 0 spiro atoms. The Morgan fingerprint density at radius 2 is 2.37 bits per heavy atom. The normalized spacial score (nSPS) is 22.4. The van der Waals surface area contributed by atoms with Crippen LogP contribution >= 0.6 is 11.3 Å². The van der Waals surface area contributed by atoms with Crippen molar-refractivity contribution in [3.05, 3.63) is 16.1 Å². The van der Waals surface area contributed by atoms with E-state index in [4.69, 9.17) is 15.6 Å². The molecule has 0 radical (unpaired) electrons. The van der Waals surface area contributed by atoms with Gasteiger partial charge in [-0.3, -0.25) is 9.59 Å². The summed E-state index contributed by atoms with van der Waals surface area (Å²) in [5.74, 6) is -1.96. The second-order valence-corrected chi connectivity index (χ2v) is 5.24. The highest BCUT2D eigenvalue weighted by Crippen LogP contribution is 2.21. The maximum atomic E-state index is 12.2. The van der Waals surface area contributed by atoms with Crippen LogP contribution in [0.25, 0.3) is 0 Å². The Morgan fingerprint density at radius 1 is 1.63 bits per heavy atom. The van der Waals surface area contributed by atoms with Gasteiger partial charge in [0, 0.05) is 19.0 Å². The van der Waals surface area contributed by atoms with Crippen molar-refractivity contribution in [2.45, 2.75) is 12.6 Å². The van der Waals surface area contributed by atoms with E-state index in [1.165, 1.54) is 16.2 Å². The van der Waals surface area contributed by atoms with Gasteiger partial charge in [-0.25, -0.2) is 4.98 Å². The molecule has 2 atom stereocenters. The average Bonchev–Trinajstić information content (AvgIpc) is 3.05. The molecule has 0 bridgehead atoms. The molecule has 1 aliphatic rings. The topological polar surface area (TPSA) is 106 Å². The van der Waals surface area contributed by atoms with E-state index in [-0.39, 0.29) is 25.7 Å². The van der Waals surface area contributed by atoms with Crippen molar-refractivity contribution in [3.63, 3.8) is 0 Å². The summed E-state index contributed by atoms with van der Waals surface area (Å²) < 4.78 is 5.15. The summed E-state index contributed by atoms with van der Waals surface area (Å²) in [6.45, 7) is 0.641. The molecule has 2 rings (SSSR count). The first-order chi connectivity index (χ1) is 9.04. The number of hydrogen-bond acceptors (Lipinski definition) is 6. The Hall–Kier alpha value is -1.51. The fourth-order valence-electron chi connectivity index (χ4n) is 1.99. The Kier molecular flexibility index (Phi) is 4.13. The first kappa shape index (κ1) is 13.9. The van der Waals surface area contributed by atoms with Crippen molar-refractivity contribution in [3.8, 4) is 0 Å². The number of carbonyl (C=O) groups excluding carboxylic acids is 1. The van der Waals surface area contributed by atoms with Crippen molar-refractivity contribution in [2.75, 3.05) is 20.3 Å². The minimum atomic E-state index is -0.955. The van der Waals surface area contributed by atoms with Gasteiger partial charge in [0.05, 0.1) is 19.3 Å². The summed E-state index contributed by atoms with van der Waals surface area (Å²) in [7, 11) is 1.57. The van der Waals surface area contributed by atoms with E-state index in [9.17, 15) is 9.59 Å². The molecule has 3 N–H and O–H groups in total. The smallest absolute Gasteiger partial charge is 0.311 e. The number of carboxylic acids is 1. The molecule has 2 heterocycles. The molecule has 0 aliphatic carbocycles. The van der Waals surface area contributed by atoms with Crippen LogP contribution in [0.15, 0.2) is 5.38 Å². The van der Waals surface area contributed by atoms with E-state index in [1.807, 2.05) is 0 Å². The van der Waals surface area contributed by atoms with Crippen LogP contribution in [-0.4, -0.2) is 53.2 Å². The van der Waals surface area contributed by atoms with Crippen molar-refractivity contribution < 1.29 is 19.4 Å².